The first-order chi connectivity index (χ1) is 9.42. The Morgan fingerprint density at radius 2 is 2.00 bits per heavy atom. The van der Waals surface area contributed by atoms with E-state index < -0.39 is 10.0 Å². The molecule has 0 aliphatic rings. The van der Waals surface area contributed by atoms with E-state index in [4.69, 9.17) is 11.6 Å². The first-order valence-corrected chi connectivity index (χ1v) is 8.05. The van der Waals surface area contributed by atoms with E-state index in [1.807, 2.05) is 0 Å². The first kappa shape index (κ1) is 15.0. The molecule has 0 saturated carbocycles. The third-order valence-corrected chi connectivity index (χ3v) is 4.34. The van der Waals surface area contributed by atoms with Gasteiger partial charge in [0.25, 0.3) is 10.0 Å². The molecule has 0 unspecified atom stereocenters. The van der Waals surface area contributed by atoms with Crippen molar-refractivity contribution in [3.05, 3.63) is 40.1 Å². The Kier molecular flexibility index (Phi) is 4.46. The maximum absolute atomic E-state index is 12.3. The minimum Gasteiger partial charge on any atom is -0.372 e. The molecule has 2 N–H and O–H groups in total. The molecule has 0 spiro atoms. The Morgan fingerprint density at radius 3 is 2.60 bits per heavy atom. The molecule has 0 fully saturated rings. The van der Waals surface area contributed by atoms with Crippen molar-refractivity contribution in [2.45, 2.75) is 4.90 Å². The SMILES string of the molecule is CNc1ncc(Br)cc1S(=O)(=O)Nc1ccc(Cl)cn1. The van der Waals surface area contributed by atoms with Crippen molar-refractivity contribution in [3.63, 3.8) is 0 Å². The number of anilines is 2. The van der Waals surface area contributed by atoms with Crippen LogP contribution in [0.25, 0.3) is 0 Å². The first-order valence-electron chi connectivity index (χ1n) is 5.40. The number of nitrogens with zero attached hydrogens (tertiary/aromatic N) is 2. The summed E-state index contributed by atoms with van der Waals surface area (Å²) in [6.45, 7) is 0. The minimum absolute atomic E-state index is 0.0196. The van der Waals surface area contributed by atoms with Crippen molar-refractivity contribution in [2.75, 3.05) is 17.1 Å². The van der Waals surface area contributed by atoms with Crippen LogP contribution in [0.5, 0.6) is 0 Å². The van der Waals surface area contributed by atoms with Gasteiger partial charge in [-0.3, -0.25) is 4.72 Å². The molecule has 6 nitrogen and oxygen atoms in total. The maximum Gasteiger partial charge on any atom is 0.266 e. The minimum atomic E-state index is -3.80. The van der Waals surface area contributed by atoms with Crippen molar-refractivity contribution >= 4 is 49.2 Å². The molecule has 0 aromatic carbocycles. The highest BCUT2D eigenvalue weighted by molar-refractivity contribution is 9.10. The molecule has 2 aromatic heterocycles. The topological polar surface area (TPSA) is 84.0 Å². The van der Waals surface area contributed by atoms with E-state index in [0.29, 0.717) is 9.50 Å². The molecule has 0 aliphatic carbocycles. The van der Waals surface area contributed by atoms with Crippen LogP contribution in [0, 0.1) is 0 Å². The van der Waals surface area contributed by atoms with Gasteiger partial charge >= 0.3 is 0 Å². The van der Waals surface area contributed by atoms with Gasteiger partial charge in [-0.25, -0.2) is 18.4 Å². The third kappa shape index (κ3) is 3.38. The fourth-order valence-electron chi connectivity index (χ4n) is 1.44. The van der Waals surface area contributed by atoms with Crippen LogP contribution < -0.4 is 10.0 Å². The number of sulfonamides is 1. The van der Waals surface area contributed by atoms with Gasteiger partial charge in [0, 0.05) is 23.9 Å². The van der Waals surface area contributed by atoms with Crippen LogP contribution in [-0.4, -0.2) is 25.4 Å². The predicted molar refractivity (Wildman–Crippen MR) is 81.5 cm³/mol. The predicted octanol–water partition coefficient (Wildman–Crippen LogP) is 2.74. The van der Waals surface area contributed by atoms with Gasteiger partial charge in [0.15, 0.2) is 0 Å². The number of hydrogen-bond donors (Lipinski definition) is 2. The number of pyridine rings is 2. The van der Waals surface area contributed by atoms with E-state index in [-0.39, 0.29) is 16.5 Å². The zero-order valence-corrected chi connectivity index (χ0v) is 13.4. The van der Waals surface area contributed by atoms with Gasteiger partial charge in [-0.05, 0) is 34.1 Å². The molecule has 106 valence electrons. The monoisotopic (exact) mass is 376 g/mol. The normalized spacial score (nSPS) is 11.2. The van der Waals surface area contributed by atoms with Crippen molar-refractivity contribution in [2.24, 2.45) is 0 Å². The lowest BCUT2D eigenvalue weighted by Gasteiger charge is -2.11. The van der Waals surface area contributed by atoms with Crippen LogP contribution in [0.2, 0.25) is 5.02 Å². The molecule has 0 atom stereocenters. The molecule has 9 heteroatoms. The highest BCUT2D eigenvalue weighted by Crippen LogP contribution is 2.24. The summed E-state index contributed by atoms with van der Waals surface area (Å²) < 4.78 is 27.6. The lowest BCUT2D eigenvalue weighted by Crippen LogP contribution is -2.16. The summed E-state index contributed by atoms with van der Waals surface area (Å²) in [4.78, 5) is 7.91. The number of nitrogens with one attached hydrogen (secondary N) is 2. The average molecular weight is 378 g/mol. The summed E-state index contributed by atoms with van der Waals surface area (Å²) >= 11 is 8.90. The summed E-state index contributed by atoms with van der Waals surface area (Å²) in [7, 11) is -2.21. The largest absolute Gasteiger partial charge is 0.372 e. The Balaban J connectivity index is 2.40. The second-order valence-corrected chi connectivity index (χ2v) is 6.72. The maximum atomic E-state index is 12.3. The lowest BCUT2D eigenvalue weighted by molar-refractivity contribution is 0.601. The molecule has 0 saturated heterocycles. The van der Waals surface area contributed by atoms with Crippen LogP contribution >= 0.6 is 27.5 Å². The Morgan fingerprint density at radius 1 is 1.25 bits per heavy atom. The van der Waals surface area contributed by atoms with Crippen molar-refractivity contribution in [3.8, 4) is 0 Å². The summed E-state index contributed by atoms with van der Waals surface area (Å²) in [5, 5.41) is 3.16. The highest BCUT2D eigenvalue weighted by atomic mass is 79.9. The Hall–Kier alpha value is -1.38. The van der Waals surface area contributed by atoms with Gasteiger partial charge in [0.2, 0.25) is 0 Å². The zero-order valence-electron chi connectivity index (χ0n) is 10.3. The van der Waals surface area contributed by atoms with Crippen LogP contribution in [-0.2, 0) is 10.0 Å². The average Bonchev–Trinajstić information content (AvgIpc) is 2.41. The molecule has 0 aliphatic heterocycles. The molecule has 2 rings (SSSR count). The van der Waals surface area contributed by atoms with Crippen molar-refractivity contribution in [1.29, 1.82) is 0 Å². The smallest absolute Gasteiger partial charge is 0.266 e. The number of aromatic nitrogens is 2. The molecule has 2 aromatic rings. The fourth-order valence-corrected chi connectivity index (χ4v) is 3.23. The van der Waals surface area contributed by atoms with E-state index in [1.54, 1.807) is 13.1 Å². The number of halogens is 2. The third-order valence-electron chi connectivity index (χ3n) is 2.31. The number of hydrogen-bond acceptors (Lipinski definition) is 5. The van der Waals surface area contributed by atoms with Gasteiger partial charge in [-0.1, -0.05) is 11.6 Å². The van der Waals surface area contributed by atoms with Gasteiger partial charge in [-0.2, -0.15) is 0 Å². The lowest BCUT2D eigenvalue weighted by atomic mass is 10.4. The summed E-state index contributed by atoms with van der Waals surface area (Å²) in [6.07, 6.45) is 2.86. The molecule has 0 bridgehead atoms. The summed E-state index contributed by atoms with van der Waals surface area (Å²) in [5.41, 5.74) is 0. The molecule has 0 radical (unpaired) electrons. The van der Waals surface area contributed by atoms with Crippen LogP contribution in [0.3, 0.4) is 0 Å². The fraction of sp³-hybridized carbons (Fsp3) is 0.0909. The van der Waals surface area contributed by atoms with E-state index in [0.717, 1.165) is 0 Å². The van der Waals surface area contributed by atoms with E-state index in [9.17, 15) is 8.42 Å². The van der Waals surface area contributed by atoms with Gasteiger partial charge in [0.05, 0.1) is 5.02 Å². The second kappa shape index (κ2) is 5.94. The van der Waals surface area contributed by atoms with E-state index >= 15 is 0 Å². The van der Waals surface area contributed by atoms with E-state index in [1.165, 1.54) is 24.5 Å². The van der Waals surface area contributed by atoms with Gasteiger partial charge < -0.3 is 5.32 Å². The van der Waals surface area contributed by atoms with Crippen LogP contribution in [0.4, 0.5) is 11.6 Å². The standard InChI is InChI=1S/C11H10BrClN4O2S/c1-14-11-9(4-7(12)5-16-11)20(18,19)17-10-3-2-8(13)6-15-10/h2-6H,1H3,(H,14,16)(H,15,17). The zero-order chi connectivity index (χ0) is 14.8. The van der Waals surface area contributed by atoms with Crippen LogP contribution in [0.15, 0.2) is 40.0 Å². The molecular formula is C11H10BrClN4O2S. The summed E-state index contributed by atoms with van der Waals surface area (Å²) in [5.74, 6) is 0.422. The van der Waals surface area contributed by atoms with Crippen molar-refractivity contribution in [1.82, 2.24) is 9.97 Å². The molecular weight excluding hydrogens is 368 g/mol. The van der Waals surface area contributed by atoms with Crippen molar-refractivity contribution < 1.29 is 8.42 Å². The molecule has 20 heavy (non-hydrogen) atoms. The van der Waals surface area contributed by atoms with Gasteiger partial charge in [-0.15, -0.1) is 0 Å². The van der Waals surface area contributed by atoms with E-state index in [2.05, 4.69) is 35.9 Å². The Bertz CT molecular complexity index is 722. The second-order valence-electron chi connectivity index (χ2n) is 3.72. The molecule has 2 heterocycles. The number of rotatable bonds is 4. The Labute approximate surface area is 129 Å². The summed E-state index contributed by atoms with van der Waals surface area (Å²) in [6, 6.07) is 4.48. The van der Waals surface area contributed by atoms with Gasteiger partial charge in [0.1, 0.15) is 16.5 Å². The van der Waals surface area contributed by atoms with Crippen LogP contribution in [0.1, 0.15) is 0 Å². The quantitative estimate of drug-likeness (QED) is 0.856. The molecule has 0 amide bonds. The highest BCUT2D eigenvalue weighted by Gasteiger charge is 2.20.